The van der Waals surface area contributed by atoms with Crippen molar-refractivity contribution in [3.05, 3.63) is 59.2 Å². The van der Waals surface area contributed by atoms with E-state index in [9.17, 15) is 9.59 Å². The van der Waals surface area contributed by atoms with E-state index in [1.165, 1.54) is 37.7 Å². The summed E-state index contributed by atoms with van der Waals surface area (Å²) in [4.78, 5) is 22.5. The molecule has 0 bridgehead atoms. The minimum Gasteiger partial charge on any atom is -0.303 e. The molecule has 1 aliphatic carbocycles. The Kier molecular flexibility index (Phi) is 5.02. The quantitative estimate of drug-likeness (QED) is 0.732. The third-order valence-corrected chi connectivity index (χ3v) is 4.82. The molecule has 0 heterocycles. The summed E-state index contributed by atoms with van der Waals surface area (Å²) >= 11 is 0. The Labute approximate surface area is 137 Å². The molecule has 2 nitrogen and oxygen atoms in total. The van der Waals surface area contributed by atoms with Gasteiger partial charge in [-0.3, -0.25) is 4.79 Å². The monoisotopic (exact) mass is 306 g/mol. The summed E-state index contributed by atoms with van der Waals surface area (Å²) in [5, 5.41) is 0. The standard InChI is InChI=1S/C21H22O2/c22-12-11-19-13-16(15-23)14-20(17-7-3-1-4-8-17)21(19)18-9-5-2-6-10-18/h2,5-6,9-10,12-15,17H,1,3-4,7-8,11H2. The van der Waals surface area contributed by atoms with Crippen molar-refractivity contribution in [1.82, 2.24) is 0 Å². The van der Waals surface area contributed by atoms with E-state index in [4.69, 9.17) is 0 Å². The zero-order valence-electron chi connectivity index (χ0n) is 13.3. The third kappa shape index (κ3) is 3.42. The van der Waals surface area contributed by atoms with Gasteiger partial charge >= 0.3 is 0 Å². The Morgan fingerprint density at radius 2 is 1.70 bits per heavy atom. The molecule has 1 aliphatic rings. The van der Waals surface area contributed by atoms with Crippen LogP contribution in [0.15, 0.2) is 42.5 Å². The van der Waals surface area contributed by atoms with Crippen LogP contribution in [0.2, 0.25) is 0 Å². The molecule has 1 saturated carbocycles. The van der Waals surface area contributed by atoms with E-state index < -0.39 is 0 Å². The fourth-order valence-corrected chi connectivity index (χ4v) is 3.76. The van der Waals surface area contributed by atoms with Gasteiger partial charge in [0.15, 0.2) is 0 Å². The molecule has 2 heteroatoms. The highest BCUT2D eigenvalue weighted by atomic mass is 16.1. The summed E-state index contributed by atoms with van der Waals surface area (Å²) in [6.45, 7) is 0. The van der Waals surface area contributed by atoms with Crippen molar-refractivity contribution in [2.45, 2.75) is 44.4 Å². The van der Waals surface area contributed by atoms with Crippen LogP contribution in [0, 0.1) is 0 Å². The Hall–Kier alpha value is -2.22. The third-order valence-electron chi connectivity index (χ3n) is 4.82. The molecule has 0 unspecified atom stereocenters. The maximum absolute atomic E-state index is 11.4. The Balaban J connectivity index is 2.19. The van der Waals surface area contributed by atoms with Gasteiger partial charge in [0.25, 0.3) is 0 Å². The summed E-state index contributed by atoms with van der Waals surface area (Å²) < 4.78 is 0. The first kappa shape index (κ1) is 15.7. The van der Waals surface area contributed by atoms with Crippen molar-refractivity contribution in [2.75, 3.05) is 0 Å². The molecule has 23 heavy (non-hydrogen) atoms. The smallest absolute Gasteiger partial charge is 0.150 e. The maximum atomic E-state index is 11.4. The van der Waals surface area contributed by atoms with Crippen LogP contribution in [-0.2, 0) is 11.2 Å². The fraction of sp³-hybridized carbons (Fsp3) is 0.333. The lowest BCUT2D eigenvalue weighted by Crippen LogP contribution is -2.09. The lowest BCUT2D eigenvalue weighted by molar-refractivity contribution is -0.107. The largest absolute Gasteiger partial charge is 0.303 e. The second-order valence-electron chi connectivity index (χ2n) is 6.33. The molecule has 1 fully saturated rings. The molecule has 2 aromatic carbocycles. The number of carbonyl (C=O) groups excluding carboxylic acids is 2. The molecule has 3 rings (SSSR count). The van der Waals surface area contributed by atoms with Crippen molar-refractivity contribution in [3.63, 3.8) is 0 Å². The molecule has 0 spiro atoms. The molecular weight excluding hydrogens is 284 g/mol. The Morgan fingerprint density at radius 3 is 2.35 bits per heavy atom. The Bertz CT molecular complexity index is 682. The minimum absolute atomic E-state index is 0.353. The van der Waals surface area contributed by atoms with Crippen molar-refractivity contribution < 1.29 is 9.59 Å². The summed E-state index contributed by atoms with van der Waals surface area (Å²) in [5.41, 5.74) is 5.20. The van der Waals surface area contributed by atoms with Gasteiger partial charge in [0.1, 0.15) is 12.6 Å². The number of carbonyl (C=O) groups is 2. The van der Waals surface area contributed by atoms with Crippen LogP contribution in [0.1, 0.15) is 59.5 Å². The topological polar surface area (TPSA) is 34.1 Å². The first-order valence-electron chi connectivity index (χ1n) is 8.44. The molecule has 0 atom stereocenters. The van der Waals surface area contributed by atoms with Crippen molar-refractivity contribution >= 4 is 12.6 Å². The minimum atomic E-state index is 0.353. The summed E-state index contributed by atoms with van der Waals surface area (Å²) in [5.74, 6) is 0.490. The van der Waals surface area contributed by atoms with Crippen LogP contribution >= 0.6 is 0 Å². The molecule has 0 saturated heterocycles. The summed E-state index contributed by atoms with van der Waals surface area (Å²) in [7, 11) is 0. The van der Waals surface area contributed by atoms with Gasteiger partial charge in [0, 0.05) is 12.0 Å². The summed E-state index contributed by atoms with van der Waals surface area (Å²) in [6.07, 6.45) is 8.31. The van der Waals surface area contributed by atoms with Gasteiger partial charge in [-0.05, 0) is 53.1 Å². The zero-order chi connectivity index (χ0) is 16.1. The first-order chi connectivity index (χ1) is 11.3. The molecule has 118 valence electrons. The molecule has 0 N–H and O–H groups in total. The van der Waals surface area contributed by atoms with Gasteiger partial charge in [-0.15, -0.1) is 0 Å². The van der Waals surface area contributed by atoms with E-state index in [1.807, 2.05) is 30.3 Å². The highest BCUT2D eigenvalue weighted by Crippen LogP contribution is 2.40. The van der Waals surface area contributed by atoms with Crippen LogP contribution in [-0.4, -0.2) is 12.6 Å². The highest BCUT2D eigenvalue weighted by Gasteiger charge is 2.22. The normalized spacial score (nSPS) is 15.3. The highest BCUT2D eigenvalue weighted by molar-refractivity contribution is 5.82. The average Bonchev–Trinajstić information content (AvgIpc) is 2.63. The predicted molar refractivity (Wildman–Crippen MR) is 92.9 cm³/mol. The second-order valence-corrected chi connectivity index (χ2v) is 6.33. The van der Waals surface area contributed by atoms with Crippen LogP contribution in [0.25, 0.3) is 11.1 Å². The maximum Gasteiger partial charge on any atom is 0.150 e. The van der Waals surface area contributed by atoms with E-state index in [2.05, 4.69) is 12.1 Å². The lowest BCUT2D eigenvalue weighted by Gasteiger charge is -2.26. The van der Waals surface area contributed by atoms with Gasteiger partial charge in [0.2, 0.25) is 0 Å². The van der Waals surface area contributed by atoms with Crippen LogP contribution < -0.4 is 0 Å². The van der Waals surface area contributed by atoms with Crippen molar-refractivity contribution in [2.24, 2.45) is 0 Å². The average molecular weight is 306 g/mol. The first-order valence-corrected chi connectivity index (χ1v) is 8.44. The van der Waals surface area contributed by atoms with Gasteiger partial charge in [0.05, 0.1) is 0 Å². The number of hydrogen-bond donors (Lipinski definition) is 0. The number of hydrogen-bond acceptors (Lipinski definition) is 2. The Morgan fingerprint density at radius 1 is 0.957 bits per heavy atom. The van der Waals surface area contributed by atoms with E-state index >= 15 is 0 Å². The molecule has 0 radical (unpaired) electrons. The van der Waals surface area contributed by atoms with E-state index in [-0.39, 0.29) is 0 Å². The van der Waals surface area contributed by atoms with Crippen LogP contribution in [0.4, 0.5) is 0 Å². The second kappa shape index (κ2) is 7.36. The van der Waals surface area contributed by atoms with Gasteiger partial charge < -0.3 is 4.79 Å². The summed E-state index contributed by atoms with van der Waals surface area (Å²) in [6, 6.07) is 14.2. The number of aldehydes is 2. The number of rotatable bonds is 5. The van der Waals surface area contributed by atoms with E-state index in [0.29, 0.717) is 17.9 Å². The SMILES string of the molecule is O=CCc1cc(C=O)cc(C2CCCCC2)c1-c1ccccc1. The van der Waals surface area contributed by atoms with E-state index in [0.717, 1.165) is 29.3 Å². The molecule has 0 aliphatic heterocycles. The molecular formula is C21H22O2. The predicted octanol–water partition coefficient (Wildman–Crippen LogP) is 4.96. The molecule has 0 aromatic heterocycles. The van der Waals surface area contributed by atoms with E-state index in [1.54, 1.807) is 0 Å². The van der Waals surface area contributed by atoms with Crippen molar-refractivity contribution in [3.8, 4) is 11.1 Å². The van der Waals surface area contributed by atoms with Crippen molar-refractivity contribution in [1.29, 1.82) is 0 Å². The van der Waals surface area contributed by atoms with Crippen LogP contribution in [0.3, 0.4) is 0 Å². The fourth-order valence-electron chi connectivity index (χ4n) is 3.76. The van der Waals surface area contributed by atoms with Crippen LogP contribution in [0.5, 0.6) is 0 Å². The molecule has 0 amide bonds. The van der Waals surface area contributed by atoms with Gasteiger partial charge in [-0.1, -0.05) is 49.6 Å². The lowest BCUT2D eigenvalue weighted by atomic mass is 9.78. The van der Waals surface area contributed by atoms with Gasteiger partial charge in [-0.2, -0.15) is 0 Å². The van der Waals surface area contributed by atoms with Gasteiger partial charge in [-0.25, -0.2) is 0 Å². The molecule has 2 aromatic rings. The zero-order valence-corrected chi connectivity index (χ0v) is 13.3. The number of benzene rings is 2.